The van der Waals surface area contributed by atoms with Crippen LogP contribution in [0.25, 0.3) is 0 Å². The molecule has 2 nitrogen and oxygen atoms in total. The second kappa shape index (κ2) is 13.9. The first-order valence-electron chi connectivity index (χ1n) is 6.57. The summed E-state index contributed by atoms with van der Waals surface area (Å²) in [6.45, 7) is 7.98. The molecular formula is C13H28O2. The van der Waals surface area contributed by atoms with Crippen LogP contribution in [0.15, 0.2) is 0 Å². The van der Waals surface area contributed by atoms with Gasteiger partial charge in [0.2, 0.25) is 0 Å². The third-order valence-electron chi connectivity index (χ3n) is 2.36. The van der Waals surface area contributed by atoms with Gasteiger partial charge in [-0.25, -0.2) is 0 Å². The molecule has 0 aromatic heterocycles. The molecule has 0 aliphatic carbocycles. The molecule has 0 N–H and O–H groups in total. The van der Waals surface area contributed by atoms with E-state index in [9.17, 15) is 0 Å². The van der Waals surface area contributed by atoms with Crippen LogP contribution in [0.5, 0.6) is 0 Å². The summed E-state index contributed by atoms with van der Waals surface area (Å²) in [6.07, 6.45) is 8.55. The first-order valence-corrected chi connectivity index (χ1v) is 6.57. The van der Waals surface area contributed by atoms with Crippen molar-refractivity contribution in [2.45, 2.75) is 58.8 Å². The average molecular weight is 216 g/mol. The summed E-state index contributed by atoms with van der Waals surface area (Å²) >= 11 is 0. The molecule has 15 heavy (non-hydrogen) atoms. The van der Waals surface area contributed by atoms with E-state index in [-0.39, 0.29) is 0 Å². The lowest BCUT2D eigenvalue weighted by Gasteiger charge is -2.05. The molecule has 0 atom stereocenters. The van der Waals surface area contributed by atoms with E-state index in [1.54, 1.807) is 0 Å². The molecule has 0 aliphatic heterocycles. The average Bonchev–Trinajstić information content (AvgIpc) is 2.26. The van der Waals surface area contributed by atoms with Crippen molar-refractivity contribution in [1.29, 1.82) is 0 Å². The normalized spacial score (nSPS) is 10.8. The van der Waals surface area contributed by atoms with Gasteiger partial charge in [0.05, 0.1) is 0 Å². The number of rotatable bonds is 12. The Balaban J connectivity index is 2.81. The Bertz CT molecular complexity index is 92.7. The van der Waals surface area contributed by atoms with Crippen molar-refractivity contribution in [1.82, 2.24) is 0 Å². The number of unbranched alkanes of at least 4 members (excludes halogenated alkanes) is 4. The Hall–Kier alpha value is -0.0800. The van der Waals surface area contributed by atoms with Crippen LogP contribution in [-0.2, 0) is 9.47 Å². The van der Waals surface area contributed by atoms with Gasteiger partial charge in [-0.3, -0.25) is 0 Å². The molecular weight excluding hydrogens is 188 g/mol. The van der Waals surface area contributed by atoms with E-state index < -0.39 is 0 Å². The van der Waals surface area contributed by atoms with Gasteiger partial charge in [-0.05, 0) is 19.3 Å². The van der Waals surface area contributed by atoms with Crippen LogP contribution in [0.1, 0.15) is 58.8 Å². The molecule has 0 amide bonds. The maximum atomic E-state index is 5.48. The van der Waals surface area contributed by atoms with Gasteiger partial charge in [0, 0.05) is 26.4 Å². The molecule has 0 unspecified atom stereocenters. The van der Waals surface area contributed by atoms with Crippen molar-refractivity contribution in [3.05, 3.63) is 0 Å². The SMILES string of the molecule is CCCCCOCCCOCCCCC. The highest BCUT2D eigenvalue weighted by molar-refractivity contribution is 4.40. The Morgan fingerprint density at radius 3 is 1.33 bits per heavy atom. The molecule has 2 heteroatoms. The summed E-state index contributed by atoms with van der Waals surface area (Å²) in [4.78, 5) is 0. The van der Waals surface area contributed by atoms with Gasteiger partial charge >= 0.3 is 0 Å². The molecule has 92 valence electrons. The number of hydrogen-bond donors (Lipinski definition) is 0. The minimum absolute atomic E-state index is 0.859. The lowest BCUT2D eigenvalue weighted by Crippen LogP contribution is -2.03. The molecule has 0 aromatic carbocycles. The van der Waals surface area contributed by atoms with Crippen molar-refractivity contribution in [3.63, 3.8) is 0 Å². The molecule has 0 fully saturated rings. The van der Waals surface area contributed by atoms with Gasteiger partial charge in [0.1, 0.15) is 0 Å². The van der Waals surface area contributed by atoms with Crippen molar-refractivity contribution in [3.8, 4) is 0 Å². The van der Waals surface area contributed by atoms with Crippen LogP contribution in [0, 0.1) is 0 Å². The van der Waals surface area contributed by atoms with Crippen LogP contribution >= 0.6 is 0 Å². The maximum Gasteiger partial charge on any atom is 0.0487 e. The summed E-state index contributed by atoms with van der Waals surface area (Å²) in [5, 5.41) is 0. The van der Waals surface area contributed by atoms with E-state index in [2.05, 4.69) is 13.8 Å². The third kappa shape index (κ3) is 13.9. The fourth-order valence-corrected chi connectivity index (χ4v) is 1.38. The molecule has 0 saturated carbocycles. The van der Waals surface area contributed by atoms with E-state index in [1.807, 2.05) is 0 Å². The zero-order chi connectivity index (χ0) is 11.2. The Morgan fingerprint density at radius 2 is 0.933 bits per heavy atom. The molecule has 0 spiro atoms. The standard InChI is InChI=1S/C13H28O2/c1-3-5-7-10-14-12-9-13-15-11-8-6-4-2/h3-13H2,1-2H3. The van der Waals surface area contributed by atoms with Crippen LogP contribution in [-0.4, -0.2) is 26.4 Å². The summed E-state index contributed by atoms with van der Waals surface area (Å²) in [5.41, 5.74) is 0. The summed E-state index contributed by atoms with van der Waals surface area (Å²) in [5.74, 6) is 0. The first kappa shape index (κ1) is 14.9. The molecule has 0 aliphatic rings. The van der Waals surface area contributed by atoms with Gasteiger partial charge in [0.25, 0.3) is 0 Å². The lowest BCUT2D eigenvalue weighted by molar-refractivity contribution is 0.0797. The molecule has 0 rings (SSSR count). The smallest absolute Gasteiger partial charge is 0.0487 e. The predicted octanol–water partition coefficient (Wildman–Crippen LogP) is 3.79. The summed E-state index contributed by atoms with van der Waals surface area (Å²) in [7, 11) is 0. The third-order valence-corrected chi connectivity index (χ3v) is 2.36. The van der Waals surface area contributed by atoms with Gasteiger partial charge in [-0.2, -0.15) is 0 Å². The fraction of sp³-hybridized carbons (Fsp3) is 1.00. The Labute approximate surface area is 95.3 Å². The Morgan fingerprint density at radius 1 is 0.533 bits per heavy atom. The van der Waals surface area contributed by atoms with Crippen LogP contribution in [0.3, 0.4) is 0 Å². The molecule has 0 saturated heterocycles. The lowest BCUT2D eigenvalue weighted by atomic mass is 10.3. The zero-order valence-corrected chi connectivity index (χ0v) is 10.6. The summed E-state index contributed by atoms with van der Waals surface area (Å²) in [6, 6.07) is 0. The zero-order valence-electron chi connectivity index (χ0n) is 10.6. The number of hydrogen-bond acceptors (Lipinski definition) is 2. The van der Waals surface area contributed by atoms with Crippen LogP contribution in [0.2, 0.25) is 0 Å². The Kier molecular flexibility index (Phi) is 13.8. The van der Waals surface area contributed by atoms with Crippen LogP contribution in [0.4, 0.5) is 0 Å². The van der Waals surface area contributed by atoms with E-state index in [0.29, 0.717) is 0 Å². The highest BCUT2D eigenvalue weighted by Gasteiger charge is 1.91. The predicted molar refractivity (Wildman–Crippen MR) is 65.3 cm³/mol. The van der Waals surface area contributed by atoms with Gasteiger partial charge in [0.15, 0.2) is 0 Å². The van der Waals surface area contributed by atoms with E-state index in [4.69, 9.17) is 9.47 Å². The minimum Gasteiger partial charge on any atom is -0.381 e. The van der Waals surface area contributed by atoms with E-state index in [0.717, 1.165) is 32.8 Å². The molecule has 0 bridgehead atoms. The van der Waals surface area contributed by atoms with Crippen molar-refractivity contribution in [2.24, 2.45) is 0 Å². The largest absolute Gasteiger partial charge is 0.381 e. The van der Waals surface area contributed by atoms with Gasteiger partial charge in [-0.1, -0.05) is 39.5 Å². The summed E-state index contributed by atoms with van der Waals surface area (Å²) < 4.78 is 11.0. The number of ether oxygens (including phenoxy) is 2. The van der Waals surface area contributed by atoms with Gasteiger partial charge in [-0.15, -0.1) is 0 Å². The highest BCUT2D eigenvalue weighted by Crippen LogP contribution is 1.96. The highest BCUT2D eigenvalue weighted by atomic mass is 16.5. The van der Waals surface area contributed by atoms with Crippen LogP contribution < -0.4 is 0 Å². The maximum absolute atomic E-state index is 5.48. The monoisotopic (exact) mass is 216 g/mol. The second-order valence-electron chi connectivity index (χ2n) is 3.99. The van der Waals surface area contributed by atoms with Gasteiger partial charge < -0.3 is 9.47 Å². The molecule has 0 radical (unpaired) electrons. The fourth-order valence-electron chi connectivity index (χ4n) is 1.38. The van der Waals surface area contributed by atoms with Crippen molar-refractivity contribution in [2.75, 3.05) is 26.4 Å². The first-order chi connectivity index (χ1) is 7.41. The van der Waals surface area contributed by atoms with Crippen molar-refractivity contribution >= 4 is 0 Å². The topological polar surface area (TPSA) is 18.5 Å². The van der Waals surface area contributed by atoms with E-state index in [1.165, 1.54) is 38.5 Å². The quantitative estimate of drug-likeness (QED) is 0.462. The molecule has 0 heterocycles. The minimum atomic E-state index is 0.859. The van der Waals surface area contributed by atoms with E-state index >= 15 is 0 Å². The molecule has 0 aromatic rings. The second-order valence-corrected chi connectivity index (χ2v) is 3.99. The van der Waals surface area contributed by atoms with Crippen molar-refractivity contribution < 1.29 is 9.47 Å².